The number of aliphatic hydroxyl groups is 1. The molecule has 1 saturated heterocycles. The molecule has 2 N–H and O–H groups in total. The van der Waals surface area contributed by atoms with Gasteiger partial charge in [0.25, 0.3) is 5.91 Å². The predicted molar refractivity (Wildman–Crippen MR) is 121 cm³/mol. The van der Waals surface area contributed by atoms with Crippen LogP contribution in [0.25, 0.3) is 0 Å². The number of ether oxygens (including phenoxy) is 1. The van der Waals surface area contributed by atoms with Crippen molar-refractivity contribution in [1.29, 1.82) is 0 Å². The Bertz CT molecular complexity index is 567. The van der Waals surface area contributed by atoms with Crippen molar-refractivity contribution >= 4 is 18.0 Å². The van der Waals surface area contributed by atoms with Gasteiger partial charge in [0, 0.05) is 20.1 Å². The van der Waals surface area contributed by atoms with E-state index in [-0.39, 0.29) is 11.9 Å². The van der Waals surface area contributed by atoms with Crippen LogP contribution in [0.4, 0.5) is 9.59 Å². The van der Waals surface area contributed by atoms with Gasteiger partial charge in [-0.25, -0.2) is 9.59 Å². The molecule has 1 aliphatic heterocycles. The van der Waals surface area contributed by atoms with Crippen molar-refractivity contribution in [3.63, 3.8) is 0 Å². The first-order chi connectivity index (χ1) is 14.7. The molecule has 8 nitrogen and oxygen atoms in total. The van der Waals surface area contributed by atoms with E-state index < -0.39 is 17.7 Å². The minimum atomic E-state index is -0.818. The van der Waals surface area contributed by atoms with Gasteiger partial charge in [0.2, 0.25) is 0 Å². The number of rotatable bonds is 16. The standard InChI is InChI=1S/C23H43N3O5/c1-5-6-7-12-15-23(2,30)16-18-26-19(20(27)25(3)22(26)29)14-11-9-8-10-13-17-24-21(28)31-4/h19,30H,5-18H2,1-4H3,(H,24,28). The zero-order valence-electron chi connectivity index (χ0n) is 20.0. The number of methoxy groups -OCH3 is 1. The minimum Gasteiger partial charge on any atom is -0.453 e. The summed E-state index contributed by atoms with van der Waals surface area (Å²) in [7, 11) is 2.88. The molecule has 1 heterocycles. The molecule has 0 aliphatic carbocycles. The number of amides is 4. The van der Waals surface area contributed by atoms with Crippen LogP contribution in [0.3, 0.4) is 0 Å². The Hall–Kier alpha value is -1.83. The quantitative estimate of drug-likeness (QED) is 0.278. The second-order valence-corrected chi connectivity index (χ2v) is 8.92. The van der Waals surface area contributed by atoms with Crippen molar-refractivity contribution in [2.75, 3.05) is 27.2 Å². The number of alkyl carbamates (subject to hydrolysis) is 1. The van der Waals surface area contributed by atoms with E-state index in [1.165, 1.54) is 25.5 Å². The lowest BCUT2D eigenvalue weighted by Crippen LogP contribution is -2.39. The lowest BCUT2D eigenvalue weighted by molar-refractivity contribution is -0.127. The van der Waals surface area contributed by atoms with Crippen LogP contribution in [0.5, 0.6) is 0 Å². The molecule has 0 saturated carbocycles. The van der Waals surface area contributed by atoms with Crippen molar-refractivity contribution in [2.24, 2.45) is 0 Å². The van der Waals surface area contributed by atoms with Crippen molar-refractivity contribution < 1.29 is 24.2 Å². The molecule has 2 unspecified atom stereocenters. The first kappa shape index (κ1) is 27.2. The van der Waals surface area contributed by atoms with E-state index in [1.54, 1.807) is 4.90 Å². The van der Waals surface area contributed by atoms with Gasteiger partial charge in [-0.05, 0) is 32.6 Å². The maximum atomic E-state index is 12.5. The van der Waals surface area contributed by atoms with Gasteiger partial charge in [-0.15, -0.1) is 0 Å². The van der Waals surface area contributed by atoms with Crippen LogP contribution >= 0.6 is 0 Å². The van der Waals surface area contributed by atoms with E-state index in [0.717, 1.165) is 51.4 Å². The number of carbonyl (C=O) groups excluding carboxylic acids is 3. The lowest BCUT2D eigenvalue weighted by atomic mass is 9.94. The summed E-state index contributed by atoms with van der Waals surface area (Å²) in [4.78, 5) is 38.9. The van der Waals surface area contributed by atoms with Crippen LogP contribution in [-0.4, -0.2) is 71.8 Å². The van der Waals surface area contributed by atoms with E-state index in [9.17, 15) is 19.5 Å². The van der Waals surface area contributed by atoms with Gasteiger partial charge in [0.05, 0.1) is 12.7 Å². The fraction of sp³-hybridized carbons (Fsp3) is 0.870. The van der Waals surface area contributed by atoms with Crippen LogP contribution < -0.4 is 5.32 Å². The molecule has 1 aliphatic rings. The summed E-state index contributed by atoms with van der Waals surface area (Å²) in [5.74, 6) is -0.144. The number of hydrogen-bond donors (Lipinski definition) is 2. The highest BCUT2D eigenvalue weighted by Gasteiger charge is 2.42. The van der Waals surface area contributed by atoms with E-state index in [1.807, 2.05) is 6.92 Å². The zero-order valence-corrected chi connectivity index (χ0v) is 20.0. The monoisotopic (exact) mass is 441 g/mol. The number of nitrogens with one attached hydrogen (secondary N) is 1. The summed E-state index contributed by atoms with van der Waals surface area (Å²) < 4.78 is 4.53. The van der Waals surface area contributed by atoms with E-state index in [2.05, 4.69) is 17.0 Å². The van der Waals surface area contributed by atoms with Crippen LogP contribution in [0.1, 0.15) is 90.9 Å². The summed E-state index contributed by atoms with van der Waals surface area (Å²) in [6.45, 7) is 4.99. The highest BCUT2D eigenvalue weighted by molar-refractivity contribution is 6.03. The summed E-state index contributed by atoms with van der Waals surface area (Å²) in [5, 5.41) is 13.3. The molecule has 180 valence electrons. The number of likely N-dealkylation sites (N-methyl/N-ethyl adjacent to an activating group) is 1. The normalized spacial score (nSPS) is 18.4. The Kier molecular flexibility index (Phi) is 12.5. The Morgan fingerprint density at radius 1 is 1.06 bits per heavy atom. The Labute approximate surface area is 187 Å². The van der Waals surface area contributed by atoms with Crippen molar-refractivity contribution in [2.45, 2.75) is 103 Å². The molecule has 8 heteroatoms. The largest absolute Gasteiger partial charge is 0.453 e. The topological polar surface area (TPSA) is 99.2 Å². The number of carbonyl (C=O) groups is 3. The fourth-order valence-electron chi connectivity index (χ4n) is 3.98. The van der Waals surface area contributed by atoms with Crippen molar-refractivity contribution in [3.05, 3.63) is 0 Å². The maximum Gasteiger partial charge on any atom is 0.406 e. The third-order valence-corrected chi connectivity index (χ3v) is 6.09. The first-order valence-electron chi connectivity index (χ1n) is 11.9. The number of imide groups is 1. The second kappa shape index (κ2) is 14.3. The van der Waals surface area contributed by atoms with Gasteiger partial charge in [-0.1, -0.05) is 58.3 Å². The second-order valence-electron chi connectivity index (χ2n) is 8.92. The van der Waals surface area contributed by atoms with Crippen LogP contribution in [-0.2, 0) is 9.53 Å². The number of unbranched alkanes of at least 4 members (excludes halogenated alkanes) is 7. The number of nitrogens with zero attached hydrogens (tertiary/aromatic N) is 2. The summed E-state index contributed by atoms with van der Waals surface area (Å²) in [5.41, 5.74) is -0.818. The molecule has 0 radical (unpaired) electrons. The van der Waals surface area contributed by atoms with E-state index >= 15 is 0 Å². The van der Waals surface area contributed by atoms with Gasteiger partial charge in [-0.3, -0.25) is 9.69 Å². The molecule has 2 atom stereocenters. The van der Waals surface area contributed by atoms with Crippen molar-refractivity contribution in [3.8, 4) is 0 Å². The Morgan fingerprint density at radius 3 is 2.39 bits per heavy atom. The Morgan fingerprint density at radius 2 is 1.71 bits per heavy atom. The highest BCUT2D eigenvalue weighted by atomic mass is 16.5. The van der Waals surface area contributed by atoms with E-state index in [4.69, 9.17) is 0 Å². The average molecular weight is 442 g/mol. The number of urea groups is 1. The third kappa shape index (κ3) is 9.89. The number of hydrogen-bond acceptors (Lipinski definition) is 5. The Balaban J connectivity index is 2.37. The summed E-state index contributed by atoms with van der Waals surface area (Å²) in [6.07, 6.45) is 10.6. The third-order valence-electron chi connectivity index (χ3n) is 6.09. The molecule has 0 aromatic rings. The molecule has 0 bridgehead atoms. The SMILES string of the molecule is CCCCCCC(C)(O)CCN1C(=O)N(C)C(=O)C1CCCCCCCNC(=O)OC. The van der Waals surface area contributed by atoms with Gasteiger partial charge in [-0.2, -0.15) is 0 Å². The fourth-order valence-corrected chi connectivity index (χ4v) is 3.98. The first-order valence-corrected chi connectivity index (χ1v) is 11.9. The predicted octanol–water partition coefficient (Wildman–Crippen LogP) is 4.06. The van der Waals surface area contributed by atoms with Crippen LogP contribution in [0, 0.1) is 0 Å². The molecule has 1 fully saturated rings. The van der Waals surface area contributed by atoms with Gasteiger partial charge in [0.1, 0.15) is 6.04 Å². The molecule has 0 aromatic heterocycles. The minimum absolute atomic E-state index is 0.144. The summed E-state index contributed by atoms with van der Waals surface area (Å²) in [6, 6.07) is -0.681. The van der Waals surface area contributed by atoms with Crippen LogP contribution in [0.2, 0.25) is 0 Å². The van der Waals surface area contributed by atoms with Gasteiger partial charge >= 0.3 is 12.1 Å². The molecule has 0 spiro atoms. The molecule has 4 amide bonds. The zero-order chi connectivity index (χ0) is 23.3. The van der Waals surface area contributed by atoms with E-state index in [0.29, 0.717) is 32.4 Å². The van der Waals surface area contributed by atoms with Gasteiger partial charge < -0.3 is 20.1 Å². The smallest absolute Gasteiger partial charge is 0.406 e. The summed E-state index contributed by atoms with van der Waals surface area (Å²) >= 11 is 0. The maximum absolute atomic E-state index is 12.5. The highest BCUT2D eigenvalue weighted by Crippen LogP contribution is 2.25. The molecular formula is C23H43N3O5. The molecule has 31 heavy (non-hydrogen) atoms. The molecule has 1 rings (SSSR count). The van der Waals surface area contributed by atoms with Crippen LogP contribution in [0.15, 0.2) is 0 Å². The van der Waals surface area contributed by atoms with Crippen molar-refractivity contribution in [1.82, 2.24) is 15.1 Å². The lowest BCUT2D eigenvalue weighted by Gasteiger charge is -2.28. The average Bonchev–Trinajstić information content (AvgIpc) is 2.94. The molecule has 0 aromatic carbocycles. The van der Waals surface area contributed by atoms with Gasteiger partial charge in [0.15, 0.2) is 0 Å². The molecular weight excluding hydrogens is 398 g/mol.